The Labute approximate surface area is 83.3 Å². The number of anilines is 1. The predicted molar refractivity (Wildman–Crippen MR) is 51.8 cm³/mol. The zero-order valence-corrected chi connectivity index (χ0v) is 8.32. The van der Waals surface area contributed by atoms with Gasteiger partial charge in [0, 0.05) is 5.38 Å². The van der Waals surface area contributed by atoms with E-state index < -0.39 is 0 Å². The molecule has 0 aliphatic heterocycles. The lowest BCUT2D eigenvalue weighted by Gasteiger charge is -1.87. The Morgan fingerprint density at radius 1 is 1.62 bits per heavy atom. The lowest BCUT2D eigenvalue weighted by Crippen LogP contribution is -1.83. The molecular weight excluding hydrogens is 210 g/mol. The molecule has 13 heavy (non-hydrogen) atoms. The van der Waals surface area contributed by atoms with E-state index in [0.29, 0.717) is 16.5 Å². The van der Waals surface area contributed by atoms with Gasteiger partial charge in [-0.25, -0.2) is 4.98 Å². The Balaban J connectivity index is 2.52. The average Bonchev–Trinajstić information content (AvgIpc) is 2.62. The molecule has 0 unspecified atom stereocenters. The van der Waals surface area contributed by atoms with E-state index in [0.717, 1.165) is 5.01 Å². The van der Waals surface area contributed by atoms with Crippen LogP contribution in [-0.2, 0) is 0 Å². The maximum atomic E-state index is 5.84. The summed E-state index contributed by atoms with van der Waals surface area (Å²) in [6, 6.07) is 0. The van der Waals surface area contributed by atoms with Crippen molar-refractivity contribution < 1.29 is 4.52 Å². The monoisotopic (exact) mass is 215 g/mol. The molecule has 0 radical (unpaired) electrons. The highest BCUT2D eigenvalue weighted by molar-refractivity contribution is 7.09. The highest BCUT2D eigenvalue weighted by atomic mass is 35.5. The van der Waals surface area contributed by atoms with Crippen molar-refractivity contribution in [1.82, 2.24) is 10.1 Å². The first-order chi connectivity index (χ1) is 6.18. The molecule has 2 rings (SSSR count). The van der Waals surface area contributed by atoms with E-state index in [1.165, 1.54) is 11.3 Å². The highest BCUT2D eigenvalue weighted by Gasteiger charge is 2.15. The molecule has 0 amide bonds. The number of aryl methyl sites for hydroxylation is 1. The van der Waals surface area contributed by atoms with Crippen molar-refractivity contribution in [2.75, 3.05) is 5.73 Å². The number of nitrogens with two attached hydrogens (primary N) is 1. The van der Waals surface area contributed by atoms with Crippen LogP contribution in [0.4, 0.5) is 5.82 Å². The summed E-state index contributed by atoms with van der Waals surface area (Å²) in [7, 11) is 0. The second-order valence-electron chi connectivity index (χ2n) is 2.46. The van der Waals surface area contributed by atoms with Crippen LogP contribution in [0.2, 0.25) is 5.02 Å². The van der Waals surface area contributed by atoms with Gasteiger partial charge in [0.15, 0.2) is 5.82 Å². The van der Waals surface area contributed by atoms with Crippen molar-refractivity contribution >= 4 is 28.8 Å². The average molecular weight is 216 g/mol. The molecule has 0 aliphatic rings. The molecule has 6 heteroatoms. The lowest BCUT2D eigenvalue weighted by atomic mass is 10.3. The predicted octanol–water partition coefficient (Wildman–Crippen LogP) is 2.34. The molecule has 0 aromatic carbocycles. The van der Waals surface area contributed by atoms with Gasteiger partial charge in [-0.1, -0.05) is 16.8 Å². The van der Waals surface area contributed by atoms with Crippen LogP contribution in [0.3, 0.4) is 0 Å². The first-order valence-electron chi connectivity index (χ1n) is 3.51. The molecule has 0 fully saturated rings. The molecule has 2 aromatic heterocycles. The fraction of sp³-hybridized carbons (Fsp3) is 0.143. The summed E-state index contributed by atoms with van der Waals surface area (Å²) in [5, 5.41) is 6.66. The van der Waals surface area contributed by atoms with Gasteiger partial charge in [0.05, 0.1) is 5.01 Å². The SMILES string of the molecule is Cc1nc(-c2onc(N)c2Cl)cs1. The van der Waals surface area contributed by atoms with Crippen LogP contribution in [0.15, 0.2) is 9.90 Å². The van der Waals surface area contributed by atoms with Gasteiger partial charge in [-0.05, 0) is 6.92 Å². The van der Waals surface area contributed by atoms with Gasteiger partial charge in [-0.3, -0.25) is 0 Å². The molecule has 0 saturated carbocycles. The zero-order valence-electron chi connectivity index (χ0n) is 6.74. The van der Waals surface area contributed by atoms with Crippen LogP contribution in [0.1, 0.15) is 5.01 Å². The summed E-state index contributed by atoms with van der Waals surface area (Å²) in [6.45, 7) is 1.90. The van der Waals surface area contributed by atoms with Gasteiger partial charge in [0.2, 0.25) is 5.76 Å². The normalized spacial score (nSPS) is 10.6. The van der Waals surface area contributed by atoms with Gasteiger partial charge in [-0.2, -0.15) is 0 Å². The van der Waals surface area contributed by atoms with Gasteiger partial charge in [0.1, 0.15) is 10.7 Å². The number of hydrogen-bond donors (Lipinski definition) is 1. The topological polar surface area (TPSA) is 64.9 Å². The maximum Gasteiger partial charge on any atom is 0.206 e. The van der Waals surface area contributed by atoms with E-state index in [4.69, 9.17) is 21.9 Å². The summed E-state index contributed by atoms with van der Waals surface area (Å²) in [4.78, 5) is 4.20. The second kappa shape index (κ2) is 3.01. The minimum atomic E-state index is 0.197. The van der Waals surface area contributed by atoms with Gasteiger partial charge < -0.3 is 10.3 Å². The number of nitrogens with zero attached hydrogens (tertiary/aromatic N) is 2. The van der Waals surface area contributed by atoms with Crippen molar-refractivity contribution in [1.29, 1.82) is 0 Å². The molecule has 2 heterocycles. The Morgan fingerprint density at radius 3 is 2.85 bits per heavy atom. The first kappa shape index (κ1) is 8.52. The van der Waals surface area contributed by atoms with E-state index in [1.54, 1.807) is 0 Å². The van der Waals surface area contributed by atoms with Gasteiger partial charge >= 0.3 is 0 Å². The summed E-state index contributed by atoms with van der Waals surface area (Å²) < 4.78 is 4.93. The van der Waals surface area contributed by atoms with Crippen LogP contribution in [0.25, 0.3) is 11.5 Å². The van der Waals surface area contributed by atoms with E-state index in [1.807, 2.05) is 12.3 Å². The minimum absolute atomic E-state index is 0.197. The third kappa shape index (κ3) is 1.40. The third-order valence-corrected chi connectivity index (χ3v) is 2.65. The van der Waals surface area contributed by atoms with Crippen LogP contribution < -0.4 is 5.73 Å². The Bertz CT molecular complexity index is 437. The van der Waals surface area contributed by atoms with E-state index in [-0.39, 0.29) is 5.82 Å². The highest BCUT2D eigenvalue weighted by Crippen LogP contribution is 2.32. The molecule has 2 N–H and O–H groups in total. The largest absolute Gasteiger partial charge is 0.380 e. The number of thiazole rings is 1. The molecule has 4 nitrogen and oxygen atoms in total. The van der Waals surface area contributed by atoms with E-state index in [2.05, 4.69) is 10.1 Å². The van der Waals surface area contributed by atoms with E-state index >= 15 is 0 Å². The van der Waals surface area contributed by atoms with Crippen LogP contribution in [-0.4, -0.2) is 10.1 Å². The summed E-state index contributed by atoms with van der Waals surface area (Å²) in [5.41, 5.74) is 6.10. The Morgan fingerprint density at radius 2 is 2.38 bits per heavy atom. The van der Waals surface area contributed by atoms with Crippen molar-refractivity contribution in [3.8, 4) is 11.5 Å². The number of aromatic nitrogens is 2. The summed E-state index contributed by atoms with van der Waals surface area (Å²) in [5.74, 6) is 0.630. The summed E-state index contributed by atoms with van der Waals surface area (Å²) >= 11 is 7.35. The lowest BCUT2D eigenvalue weighted by molar-refractivity contribution is 0.435. The third-order valence-electron chi connectivity index (χ3n) is 1.51. The maximum absolute atomic E-state index is 5.84. The summed E-state index contributed by atoms with van der Waals surface area (Å²) in [6.07, 6.45) is 0. The van der Waals surface area contributed by atoms with Gasteiger partial charge in [0.25, 0.3) is 0 Å². The second-order valence-corrected chi connectivity index (χ2v) is 3.90. The molecule has 0 aliphatic carbocycles. The smallest absolute Gasteiger partial charge is 0.206 e. The minimum Gasteiger partial charge on any atom is -0.380 e. The number of halogens is 1. The molecule has 0 spiro atoms. The fourth-order valence-corrected chi connectivity index (χ4v) is 1.68. The molecular formula is C7H6ClN3OS. The van der Waals surface area contributed by atoms with Gasteiger partial charge in [-0.15, -0.1) is 11.3 Å². The fourth-order valence-electron chi connectivity index (χ4n) is 0.918. The number of hydrogen-bond acceptors (Lipinski definition) is 5. The molecule has 2 aromatic rings. The van der Waals surface area contributed by atoms with Crippen molar-refractivity contribution in [3.63, 3.8) is 0 Å². The molecule has 68 valence electrons. The van der Waals surface area contributed by atoms with Crippen molar-refractivity contribution in [2.45, 2.75) is 6.92 Å². The standard InChI is InChI=1S/C7H6ClN3OS/c1-3-10-4(2-13-3)6-5(8)7(9)11-12-6/h2H,1H3,(H2,9,11). The van der Waals surface area contributed by atoms with Crippen LogP contribution >= 0.6 is 22.9 Å². The Kier molecular flexibility index (Phi) is 1.97. The van der Waals surface area contributed by atoms with Crippen molar-refractivity contribution in [2.24, 2.45) is 0 Å². The van der Waals surface area contributed by atoms with Crippen LogP contribution in [0.5, 0.6) is 0 Å². The van der Waals surface area contributed by atoms with Crippen molar-refractivity contribution in [3.05, 3.63) is 15.4 Å². The molecule has 0 saturated heterocycles. The Hall–Kier alpha value is -1.07. The van der Waals surface area contributed by atoms with E-state index in [9.17, 15) is 0 Å². The zero-order chi connectivity index (χ0) is 9.42. The van der Waals surface area contributed by atoms with Crippen LogP contribution in [0, 0.1) is 6.92 Å². The molecule has 0 atom stereocenters. The first-order valence-corrected chi connectivity index (χ1v) is 4.77. The number of rotatable bonds is 1. The number of nitrogen functional groups attached to an aromatic ring is 1. The quantitative estimate of drug-likeness (QED) is 0.793. The molecule has 0 bridgehead atoms.